The van der Waals surface area contributed by atoms with E-state index >= 15 is 0 Å². The number of aliphatic hydroxyl groups excluding tert-OH is 1. The second-order valence-electron chi connectivity index (χ2n) is 3.98. The molecule has 0 aliphatic heterocycles. The van der Waals surface area contributed by atoms with E-state index in [0.717, 1.165) is 0 Å². The fraction of sp³-hybridized carbons (Fsp3) is 0.167. The maximum atomic E-state index is 12.2. The zero-order chi connectivity index (χ0) is 14.0. The van der Waals surface area contributed by atoms with Gasteiger partial charge in [0.05, 0.1) is 10.4 Å². The predicted octanol–water partition coefficient (Wildman–Crippen LogP) is 3.33. The summed E-state index contributed by atoms with van der Waals surface area (Å²) in [5, 5.41) is 9.24. The van der Waals surface area contributed by atoms with Crippen molar-refractivity contribution >= 4 is 38.9 Å². The predicted molar refractivity (Wildman–Crippen MR) is 76.8 cm³/mol. The fourth-order valence-electron chi connectivity index (χ4n) is 1.64. The molecule has 102 valence electrons. The molecule has 7 heteroatoms. The van der Waals surface area contributed by atoms with Gasteiger partial charge in [0, 0.05) is 12.1 Å². The van der Waals surface area contributed by atoms with E-state index in [4.69, 9.17) is 23.2 Å². The van der Waals surface area contributed by atoms with E-state index in [1.807, 2.05) is 0 Å². The number of allylic oxidation sites excluding steroid dienone is 2. The molecule has 4 nitrogen and oxygen atoms in total. The van der Waals surface area contributed by atoms with Crippen molar-refractivity contribution in [1.82, 2.24) is 0 Å². The number of benzene rings is 1. The molecule has 1 unspecified atom stereocenters. The molecule has 2 N–H and O–H groups in total. The van der Waals surface area contributed by atoms with Crippen LogP contribution in [0.4, 0.5) is 5.69 Å². The lowest BCUT2D eigenvalue weighted by atomic mass is 10.1. The number of hydrogen-bond acceptors (Lipinski definition) is 3. The number of hydrogen-bond donors (Lipinski definition) is 2. The van der Waals surface area contributed by atoms with Gasteiger partial charge in [-0.3, -0.25) is 4.72 Å². The van der Waals surface area contributed by atoms with Gasteiger partial charge in [-0.1, -0.05) is 29.8 Å². The van der Waals surface area contributed by atoms with Crippen LogP contribution in [-0.4, -0.2) is 18.9 Å². The Labute approximate surface area is 121 Å². The Morgan fingerprint density at radius 1 is 1.26 bits per heavy atom. The summed E-state index contributed by atoms with van der Waals surface area (Å²) in [7, 11) is -3.92. The Morgan fingerprint density at radius 3 is 2.53 bits per heavy atom. The zero-order valence-electron chi connectivity index (χ0n) is 9.68. The summed E-state index contributed by atoms with van der Waals surface area (Å²) >= 11 is 11.7. The van der Waals surface area contributed by atoms with Crippen LogP contribution in [0.15, 0.2) is 52.1 Å². The number of anilines is 1. The molecule has 1 aliphatic rings. The number of aliphatic hydroxyl groups is 1. The van der Waals surface area contributed by atoms with Crippen molar-refractivity contribution in [3.8, 4) is 0 Å². The highest BCUT2D eigenvalue weighted by atomic mass is 35.5. The van der Waals surface area contributed by atoms with Gasteiger partial charge in [-0.05, 0) is 18.2 Å². The van der Waals surface area contributed by atoms with E-state index in [1.54, 1.807) is 30.3 Å². The number of halogens is 2. The monoisotopic (exact) mass is 319 g/mol. The number of rotatable bonds is 3. The Kier molecular flexibility index (Phi) is 4.08. The summed E-state index contributed by atoms with van der Waals surface area (Å²) in [4.78, 5) is -0.299. The standard InChI is InChI=1S/C12H11Cl2NO3S/c13-8-6-10(14)12(16)11(7-8)19(17,18)15-9-4-2-1-3-5-9/h1-5,7-8,15-16H,6H2. The second kappa shape index (κ2) is 5.45. The summed E-state index contributed by atoms with van der Waals surface area (Å²) in [6.07, 6.45) is 1.48. The first-order valence-electron chi connectivity index (χ1n) is 5.42. The van der Waals surface area contributed by atoms with Crippen molar-refractivity contribution in [2.45, 2.75) is 11.8 Å². The van der Waals surface area contributed by atoms with Crippen molar-refractivity contribution in [2.24, 2.45) is 0 Å². The molecule has 1 atom stereocenters. The lowest BCUT2D eigenvalue weighted by Crippen LogP contribution is -2.20. The van der Waals surface area contributed by atoms with E-state index in [-0.39, 0.29) is 16.4 Å². The molecule has 0 saturated carbocycles. The van der Waals surface area contributed by atoms with Gasteiger partial charge in [0.2, 0.25) is 0 Å². The summed E-state index contributed by atoms with van der Waals surface area (Å²) in [5.74, 6) is -0.456. The van der Waals surface area contributed by atoms with E-state index in [9.17, 15) is 13.5 Å². The molecule has 0 spiro atoms. The zero-order valence-corrected chi connectivity index (χ0v) is 12.0. The highest BCUT2D eigenvalue weighted by Gasteiger charge is 2.29. The normalized spacial score (nSPS) is 20.1. The average Bonchev–Trinajstić information content (AvgIpc) is 2.34. The molecule has 0 fully saturated rings. The average molecular weight is 320 g/mol. The molecule has 0 saturated heterocycles. The molecule has 1 aromatic carbocycles. The van der Waals surface area contributed by atoms with Gasteiger partial charge in [-0.2, -0.15) is 0 Å². The molecule has 0 heterocycles. The highest BCUT2D eigenvalue weighted by Crippen LogP contribution is 2.32. The van der Waals surface area contributed by atoms with Gasteiger partial charge >= 0.3 is 0 Å². The lowest BCUT2D eigenvalue weighted by Gasteiger charge is -2.18. The van der Waals surface area contributed by atoms with Crippen LogP contribution < -0.4 is 4.72 Å². The molecule has 19 heavy (non-hydrogen) atoms. The van der Waals surface area contributed by atoms with Gasteiger partial charge < -0.3 is 5.11 Å². The molecule has 2 rings (SSSR count). The molecular formula is C12H11Cl2NO3S. The van der Waals surface area contributed by atoms with Crippen LogP contribution in [-0.2, 0) is 10.0 Å². The number of sulfonamides is 1. The van der Waals surface area contributed by atoms with Crippen LogP contribution in [0.2, 0.25) is 0 Å². The fourth-order valence-corrected chi connectivity index (χ4v) is 3.67. The molecule has 1 aromatic rings. The number of para-hydroxylation sites is 1. The van der Waals surface area contributed by atoms with Crippen molar-refractivity contribution in [3.63, 3.8) is 0 Å². The molecule has 0 bridgehead atoms. The molecule has 0 radical (unpaired) electrons. The minimum atomic E-state index is -3.92. The van der Waals surface area contributed by atoms with Crippen molar-refractivity contribution < 1.29 is 13.5 Å². The van der Waals surface area contributed by atoms with Crippen molar-refractivity contribution in [1.29, 1.82) is 0 Å². The van der Waals surface area contributed by atoms with Crippen LogP contribution in [0, 0.1) is 0 Å². The Bertz CT molecular complexity index is 638. The topological polar surface area (TPSA) is 66.4 Å². The van der Waals surface area contributed by atoms with Gasteiger partial charge in [-0.25, -0.2) is 8.42 Å². The second-order valence-corrected chi connectivity index (χ2v) is 6.64. The molecular weight excluding hydrogens is 309 g/mol. The molecule has 1 aliphatic carbocycles. The van der Waals surface area contributed by atoms with Gasteiger partial charge in [0.25, 0.3) is 10.0 Å². The maximum absolute atomic E-state index is 12.2. The first-order valence-corrected chi connectivity index (χ1v) is 7.71. The maximum Gasteiger partial charge on any atom is 0.265 e. The van der Waals surface area contributed by atoms with Gasteiger partial charge in [-0.15, -0.1) is 11.6 Å². The third kappa shape index (κ3) is 3.23. The van der Waals surface area contributed by atoms with E-state index < -0.39 is 21.2 Å². The minimum Gasteiger partial charge on any atom is -0.505 e. The van der Waals surface area contributed by atoms with Crippen molar-refractivity contribution in [3.05, 3.63) is 52.1 Å². The highest BCUT2D eigenvalue weighted by molar-refractivity contribution is 7.96. The van der Waals surface area contributed by atoms with Crippen LogP contribution >= 0.6 is 23.2 Å². The van der Waals surface area contributed by atoms with Crippen LogP contribution in [0.5, 0.6) is 0 Å². The Balaban J connectivity index is 2.35. The summed E-state index contributed by atoms with van der Waals surface area (Å²) in [6.45, 7) is 0. The quantitative estimate of drug-likeness (QED) is 0.840. The summed E-state index contributed by atoms with van der Waals surface area (Å²) < 4.78 is 26.7. The van der Waals surface area contributed by atoms with E-state index in [1.165, 1.54) is 6.08 Å². The smallest absolute Gasteiger partial charge is 0.265 e. The van der Waals surface area contributed by atoms with E-state index in [0.29, 0.717) is 5.69 Å². The SMILES string of the molecule is O=S(=O)(Nc1ccccc1)C1=CC(Cl)CC(Cl)=C1O. The minimum absolute atomic E-state index is 0.0379. The lowest BCUT2D eigenvalue weighted by molar-refractivity contribution is 0.420. The van der Waals surface area contributed by atoms with Gasteiger partial charge in [0.15, 0.2) is 0 Å². The largest absolute Gasteiger partial charge is 0.505 e. The van der Waals surface area contributed by atoms with Crippen LogP contribution in [0.3, 0.4) is 0 Å². The first kappa shape index (κ1) is 14.2. The summed E-state index contributed by atoms with van der Waals surface area (Å²) in [5.41, 5.74) is 0.393. The van der Waals surface area contributed by atoms with Crippen molar-refractivity contribution in [2.75, 3.05) is 4.72 Å². The number of nitrogens with one attached hydrogen (secondary N) is 1. The number of alkyl halides is 1. The Hall–Kier alpha value is -1.17. The Morgan fingerprint density at radius 2 is 1.89 bits per heavy atom. The summed E-state index contributed by atoms with van der Waals surface area (Å²) in [6, 6.07) is 8.35. The van der Waals surface area contributed by atoms with Crippen LogP contribution in [0.25, 0.3) is 0 Å². The van der Waals surface area contributed by atoms with Gasteiger partial charge in [0.1, 0.15) is 10.7 Å². The van der Waals surface area contributed by atoms with Crippen LogP contribution in [0.1, 0.15) is 6.42 Å². The third-order valence-electron chi connectivity index (χ3n) is 2.51. The molecule has 0 aromatic heterocycles. The van der Waals surface area contributed by atoms with E-state index in [2.05, 4.69) is 4.72 Å². The third-order valence-corrected chi connectivity index (χ3v) is 4.54. The molecule has 0 amide bonds. The first-order chi connectivity index (χ1) is 8.90.